The highest BCUT2D eigenvalue weighted by Gasteiger charge is 2.24. The van der Waals surface area contributed by atoms with Crippen molar-refractivity contribution in [1.82, 2.24) is 9.62 Å². The quantitative estimate of drug-likeness (QED) is 0.624. The first kappa shape index (κ1) is 20.1. The molecular formula is C20H20Cl2N2O2S. The molecule has 0 aliphatic carbocycles. The summed E-state index contributed by atoms with van der Waals surface area (Å²) >= 11 is 12.1. The van der Waals surface area contributed by atoms with E-state index in [0.717, 1.165) is 10.9 Å². The molecule has 3 aromatic carbocycles. The standard InChI is InChI=1S/C20H20Cl2N2O2S/c1-24(2)13-19(15-10-11-17(21)18(22)12-15)23-27(25,26)20-9-5-7-14-6-3-4-8-16(14)20/h3-12,19,23H,13H2,1-2H3. The number of nitrogens with one attached hydrogen (secondary N) is 1. The van der Waals surface area contributed by atoms with Crippen LogP contribution in [0, 0.1) is 0 Å². The Labute approximate surface area is 169 Å². The number of fused-ring (bicyclic) bond motifs is 1. The molecule has 0 bridgehead atoms. The van der Waals surface area contributed by atoms with Gasteiger partial charge >= 0.3 is 0 Å². The molecule has 0 spiro atoms. The molecule has 0 amide bonds. The molecule has 7 heteroatoms. The van der Waals surface area contributed by atoms with Gasteiger partial charge in [-0.05, 0) is 43.2 Å². The van der Waals surface area contributed by atoms with Gasteiger partial charge in [-0.2, -0.15) is 0 Å². The van der Waals surface area contributed by atoms with Crippen molar-refractivity contribution in [3.8, 4) is 0 Å². The maximum Gasteiger partial charge on any atom is 0.241 e. The van der Waals surface area contributed by atoms with Crippen LogP contribution in [0.15, 0.2) is 65.6 Å². The normalized spacial score (nSPS) is 13.2. The van der Waals surface area contributed by atoms with Gasteiger partial charge in [0.2, 0.25) is 10.0 Å². The number of halogens is 2. The summed E-state index contributed by atoms with van der Waals surface area (Å²) in [6, 6.07) is 17.4. The third kappa shape index (κ3) is 4.62. The Hall–Kier alpha value is -1.63. The van der Waals surface area contributed by atoms with Crippen LogP contribution in [0.25, 0.3) is 10.8 Å². The number of sulfonamides is 1. The van der Waals surface area contributed by atoms with Crippen LogP contribution in [0.5, 0.6) is 0 Å². The molecule has 142 valence electrons. The van der Waals surface area contributed by atoms with E-state index in [1.807, 2.05) is 49.3 Å². The van der Waals surface area contributed by atoms with Gasteiger partial charge in [0.15, 0.2) is 0 Å². The predicted octanol–water partition coefficient (Wildman–Crippen LogP) is 4.73. The van der Waals surface area contributed by atoms with Gasteiger partial charge < -0.3 is 4.90 Å². The molecule has 3 rings (SSSR count). The first-order valence-electron chi connectivity index (χ1n) is 8.38. The van der Waals surface area contributed by atoms with E-state index in [0.29, 0.717) is 22.0 Å². The van der Waals surface area contributed by atoms with Crippen LogP contribution in [-0.2, 0) is 10.0 Å². The fourth-order valence-electron chi connectivity index (χ4n) is 2.99. The number of likely N-dealkylation sites (N-methyl/N-ethyl adjacent to an activating group) is 1. The second kappa shape index (κ2) is 8.17. The van der Waals surface area contributed by atoms with Crippen molar-refractivity contribution in [3.05, 3.63) is 76.3 Å². The van der Waals surface area contributed by atoms with Crippen LogP contribution in [0.2, 0.25) is 10.0 Å². The maximum absolute atomic E-state index is 13.2. The average molecular weight is 423 g/mol. The van der Waals surface area contributed by atoms with E-state index in [2.05, 4.69) is 4.72 Å². The second-order valence-electron chi connectivity index (χ2n) is 6.59. The largest absolute Gasteiger partial charge is 0.307 e. The van der Waals surface area contributed by atoms with Crippen LogP contribution in [0.1, 0.15) is 11.6 Å². The molecule has 0 aliphatic rings. The van der Waals surface area contributed by atoms with Gasteiger partial charge in [-0.3, -0.25) is 0 Å². The van der Waals surface area contributed by atoms with E-state index in [1.165, 1.54) is 0 Å². The van der Waals surface area contributed by atoms with E-state index in [-0.39, 0.29) is 4.90 Å². The highest BCUT2D eigenvalue weighted by Crippen LogP contribution is 2.28. The summed E-state index contributed by atoms with van der Waals surface area (Å²) in [7, 11) is 0.0157. The highest BCUT2D eigenvalue weighted by molar-refractivity contribution is 7.89. The molecule has 0 saturated carbocycles. The number of nitrogens with zero attached hydrogens (tertiary/aromatic N) is 1. The molecule has 0 fully saturated rings. The van der Waals surface area contributed by atoms with Crippen molar-refractivity contribution in [2.45, 2.75) is 10.9 Å². The molecule has 1 atom stereocenters. The van der Waals surface area contributed by atoms with Crippen molar-refractivity contribution < 1.29 is 8.42 Å². The minimum absolute atomic E-state index is 0.254. The summed E-state index contributed by atoms with van der Waals surface area (Å²) in [4.78, 5) is 2.17. The van der Waals surface area contributed by atoms with Crippen molar-refractivity contribution >= 4 is 44.0 Å². The third-order valence-corrected chi connectivity index (χ3v) is 6.50. The summed E-state index contributed by atoms with van der Waals surface area (Å²) in [6.07, 6.45) is 0. The minimum Gasteiger partial charge on any atom is -0.307 e. The van der Waals surface area contributed by atoms with Crippen LogP contribution in [-0.4, -0.2) is 34.0 Å². The van der Waals surface area contributed by atoms with Gasteiger partial charge in [-0.15, -0.1) is 0 Å². The highest BCUT2D eigenvalue weighted by atomic mass is 35.5. The first-order chi connectivity index (χ1) is 12.8. The molecule has 1 N–H and O–H groups in total. The molecule has 27 heavy (non-hydrogen) atoms. The SMILES string of the molecule is CN(C)CC(NS(=O)(=O)c1cccc2ccccc12)c1ccc(Cl)c(Cl)c1. The van der Waals surface area contributed by atoms with Crippen LogP contribution in [0.4, 0.5) is 0 Å². The molecule has 0 heterocycles. The molecule has 1 unspecified atom stereocenters. The van der Waals surface area contributed by atoms with Gasteiger partial charge in [0, 0.05) is 11.9 Å². The molecule has 4 nitrogen and oxygen atoms in total. The Bertz CT molecular complexity index is 1060. The Morgan fingerprint density at radius 1 is 0.963 bits per heavy atom. The molecule has 0 radical (unpaired) electrons. The molecule has 3 aromatic rings. The third-order valence-electron chi connectivity index (χ3n) is 4.23. The van der Waals surface area contributed by atoms with Gasteiger partial charge in [0.25, 0.3) is 0 Å². The summed E-state index contributed by atoms with van der Waals surface area (Å²) in [5, 5.41) is 2.38. The number of rotatable bonds is 6. The summed E-state index contributed by atoms with van der Waals surface area (Å²) in [5.74, 6) is 0. The zero-order valence-electron chi connectivity index (χ0n) is 15.0. The van der Waals surface area contributed by atoms with E-state index in [4.69, 9.17) is 23.2 Å². The zero-order chi connectivity index (χ0) is 19.6. The Morgan fingerprint density at radius 3 is 2.37 bits per heavy atom. The van der Waals surface area contributed by atoms with Crippen LogP contribution >= 0.6 is 23.2 Å². The van der Waals surface area contributed by atoms with Crippen molar-refractivity contribution in [1.29, 1.82) is 0 Å². The van der Waals surface area contributed by atoms with E-state index in [1.54, 1.807) is 30.3 Å². The first-order valence-corrected chi connectivity index (χ1v) is 10.6. The molecule has 0 aromatic heterocycles. The molecule has 0 aliphatic heterocycles. The van der Waals surface area contributed by atoms with Gasteiger partial charge in [-0.25, -0.2) is 13.1 Å². The fourth-order valence-corrected chi connectivity index (χ4v) is 4.74. The summed E-state index contributed by atoms with van der Waals surface area (Å²) < 4.78 is 29.2. The zero-order valence-corrected chi connectivity index (χ0v) is 17.3. The van der Waals surface area contributed by atoms with Gasteiger partial charge in [0.1, 0.15) is 0 Å². The lowest BCUT2D eigenvalue weighted by molar-refractivity contribution is 0.363. The van der Waals surface area contributed by atoms with E-state index < -0.39 is 16.1 Å². The Kier molecular flexibility index (Phi) is 6.08. The minimum atomic E-state index is -3.76. The van der Waals surface area contributed by atoms with Crippen LogP contribution in [0.3, 0.4) is 0 Å². The smallest absolute Gasteiger partial charge is 0.241 e. The van der Waals surface area contributed by atoms with E-state index >= 15 is 0 Å². The monoisotopic (exact) mass is 422 g/mol. The van der Waals surface area contributed by atoms with Crippen molar-refractivity contribution in [3.63, 3.8) is 0 Å². The number of hydrogen-bond donors (Lipinski definition) is 1. The number of benzene rings is 3. The average Bonchev–Trinajstić information content (AvgIpc) is 2.62. The summed E-state index contributed by atoms with van der Waals surface area (Å²) in [6.45, 7) is 0.474. The molecular weight excluding hydrogens is 403 g/mol. The lowest BCUT2D eigenvalue weighted by Gasteiger charge is -2.23. The van der Waals surface area contributed by atoms with Gasteiger partial charge in [0.05, 0.1) is 21.0 Å². The molecule has 0 saturated heterocycles. The maximum atomic E-state index is 13.2. The predicted molar refractivity (Wildman–Crippen MR) is 112 cm³/mol. The fraction of sp³-hybridized carbons (Fsp3) is 0.200. The Morgan fingerprint density at radius 2 is 1.67 bits per heavy atom. The second-order valence-corrected chi connectivity index (χ2v) is 9.08. The van der Waals surface area contributed by atoms with E-state index in [9.17, 15) is 8.42 Å². The van der Waals surface area contributed by atoms with Crippen molar-refractivity contribution in [2.24, 2.45) is 0 Å². The van der Waals surface area contributed by atoms with Crippen molar-refractivity contribution in [2.75, 3.05) is 20.6 Å². The topological polar surface area (TPSA) is 49.4 Å². The Balaban J connectivity index is 2.02. The van der Waals surface area contributed by atoms with Gasteiger partial charge in [-0.1, -0.05) is 65.7 Å². The van der Waals surface area contributed by atoms with Crippen LogP contribution < -0.4 is 4.72 Å². The lowest BCUT2D eigenvalue weighted by atomic mass is 10.1. The number of hydrogen-bond acceptors (Lipinski definition) is 3. The lowest BCUT2D eigenvalue weighted by Crippen LogP contribution is -2.35. The summed E-state index contributed by atoms with van der Waals surface area (Å²) in [5.41, 5.74) is 0.752.